The second-order valence-electron chi connectivity index (χ2n) is 11.0. The van der Waals surface area contributed by atoms with Crippen molar-refractivity contribution in [3.63, 3.8) is 0 Å². The molecule has 39 heavy (non-hydrogen) atoms. The average Bonchev–Trinajstić information content (AvgIpc) is 3.62. The van der Waals surface area contributed by atoms with Gasteiger partial charge >= 0.3 is 0 Å². The number of aromatic amines is 1. The van der Waals surface area contributed by atoms with Crippen LogP contribution in [0.1, 0.15) is 45.4 Å². The van der Waals surface area contributed by atoms with E-state index >= 15 is 0 Å². The fourth-order valence-electron chi connectivity index (χ4n) is 4.98. The molecule has 5 heterocycles. The number of aliphatic imine (C=N–C) groups is 1. The molecule has 8 heteroatoms. The molecule has 2 N–H and O–H groups in total. The van der Waals surface area contributed by atoms with Crippen LogP contribution in [0.2, 0.25) is 0 Å². The number of nitrogens with zero attached hydrogens (tertiary/aromatic N) is 4. The summed E-state index contributed by atoms with van der Waals surface area (Å²) < 4.78 is 0. The third-order valence-corrected chi connectivity index (χ3v) is 7.94. The number of carbonyl (C=O) groups excluding carboxylic acids is 1. The number of H-pyrrole nitrogens is 1. The van der Waals surface area contributed by atoms with Gasteiger partial charge in [-0.3, -0.25) is 19.9 Å². The average molecular weight is 535 g/mol. The molecule has 0 fully saturated rings. The second-order valence-corrected chi connectivity index (χ2v) is 11.8. The zero-order valence-corrected chi connectivity index (χ0v) is 23.3. The summed E-state index contributed by atoms with van der Waals surface area (Å²) in [5.41, 5.74) is 9.43. The summed E-state index contributed by atoms with van der Waals surface area (Å²) in [7, 11) is 0. The number of benzene rings is 1. The van der Waals surface area contributed by atoms with Crippen LogP contribution in [0.15, 0.2) is 70.9 Å². The van der Waals surface area contributed by atoms with Crippen molar-refractivity contribution in [2.45, 2.75) is 40.5 Å². The lowest BCUT2D eigenvalue weighted by Crippen LogP contribution is -2.27. The summed E-state index contributed by atoms with van der Waals surface area (Å²) in [4.78, 5) is 26.6. The maximum Gasteiger partial charge on any atom is 0.229 e. The Labute approximate surface area is 231 Å². The molecule has 0 saturated heterocycles. The summed E-state index contributed by atoms with van der Waals surface area (Å²) in [6.45, 7) is 7.88. The highest BCUT2D eigenvalue weighted by Gasteiger charge is 2.28. The predicted octanol–water partition coefficient (Wildman–Crippen LogP) is 7.44. The van der Waals surface area contributed by atoms with E-state index in [1.54, 1.807) is 17.5 Å². The Hall–Kier alpha value is -4.17. The minimum Gasteiger partial charge on any atom is -0.324 e. The maximum atomic E-state index is 12.5. The lowest BCUT2D eigenvalue weighted by atomic mass is 9.84. The third-order valence-electron chi connectivity index (χ3n) is 7.25. The van der Waals surface area contributed by atoms with Crippen LogP contribution in [0.3, 0.4) is 0 Å². The number of anilines is 1. The highest BCUT2D eigenvalue weighted by Crippen LogP contribution is 2.39. The Kier molecular flexibility index (Phi) is 6.35. The molecule has 0 bridgehead atoms. The summed E-state index contributed by atoms with van der Waals surface area (Å²) in [6.07, 6.45) is 9.15. The van der Waals surface area contributed by atoms with E-state index in [1.807, 2.05) is 57.6 Å². The highest BCUT2D eigenvalue weighted by atomic mass is 32.1. The number of carbonyl (C=O) groups is 1. The molecule has 1 aromatic carbocycles. The van der Waals surface area contributed by atoms with Crippen LogP contribution in [0.25, 0.3) is 33.2 Å². The van der Waals surface area contributed by atoms with Gasteiger partial charge in [0.05, 0.1) is 35.0 Å². The van der Waals surface area contributed by atoms with Gasteiger partial charge in [0.1, 0.15) is 5.69 Å². The number of rotatable bonds is 5. The van der Waals surface area contributed by atoms with Crippen molar-refractivity contribution in [1.29, 1.82) is 0 Å². The topological polar surface area (TPSA) is 95.9 Å². The fraction of sp³-hybridized carbons (Fsp3) is 0.258. The van der Waals surface area contributed by atoms with Crippen LogP contribution >= 0.6 is 11.3 Å². The maximum absolute atomic E-state index is 12.5. The van der Waals surface area contributed by atoms with E-state index in [-0.39, 0.29) is 11.8 Å². The zero-order chi connectivity index (χ0) is 27.1. The van der Waals surface area contributed by atoms with E-state index in [1.165, 1.54) is 11.1 Å². The lowest BCUT2D eigenvalue weighted by Gasteiger charge is -2.25. The molecular formula is C31H30N6OS. The van der Waals surface area contributed by atoms with Crippen molar-refractivity contribution >= 4 is 45.2 Å². The van der Waals surface area contributed by atoms with E-state index in [4.69, 9.17) is 10.1 Å². The van der Waals surface area contributed by atoms with Gasteiger partial charge in [0, 0.05) is 40.2 Å². The van der Waals surface area contributed by atoms with Crippen molar-refractivity contribution in [1.82, 2.24) is 20.2 Å². The molecule has 1 atom stereocenters. The summed E-state index contributed by atoms with van der Waals surface area (Å²) in [6, 6.07) is 10.3. The van der Waals surface area contributed by atoms with Crippen molar-refractivity contribution in [2.75, 3.05) is 5.32 Å². The Morgan fingerprint density at radius 2 is 1.90 bits per heavy atom. The standard InChI is InChI=1S/C31H30N6OS/c1-5-18-11-23-25(20-8-9-39-17-20)15-33-16-27(23)35-28(18)29-24-12-19(6-7-26(24)36-37-29)21-10-22(14-32-13-21)34-30(38)31(2,3)4/h6-10,12-18H,5,11H2,1-4H3,(H,34,38)(H,36,37). The van der Waals surface area contributed by atoms with Gasteiger partial charge in [0.15, 0.2) is 0 Å². The van der Waals surface area contributed by atoms with Gasteiger partial charge < -0.3 is 5.32 Å². The third kappa shape index (κ3) is 4.76. The number of nitrogens with one attached hydrogen (secondary N) is 2. The molecule has 0 aliphatic carbocycles. The smallest absolute Gasteiger partial charge is 0.229 e. The van der Waals surface area contributed by atoms with Crippen molar-refractivity contribution in [3.8, 4) is 22.3 Å². The number of aromatic nitrogens is 4. The number of pyridine rings is 2. The summed E-state index contributed by atoms with van der Waals surface area (Å²) >= 11 is 1.69. The minimum atomic E-state index is -0.490. The molecule has 6 rings (SSSR count). The Bertz CT molecular complexity index is 1710. The van der Waals surface area contributed by atoms with Crippen LogP contribution < -0.4 is 5.32 Å². The molecule has 0 radical (unpaired) electrons. The monoisotopic (exact) mass is 534 g/mol. The minimum absolute atomic E-state index is 0.0492. The van der Waals surface area contributed by atoms with Crippen LogP contribution in [-0.2, 0) is 11.2 Å². The van der Waals surface area contributed by atoms with Crippen LogP contribution in [0, 0.1) is 11.3 Å². The Morgan fingerprint density at radius 1 is 1.05 bits per heavy atom. The number of hydrogen-bond donors (Lipinski definition) is 2. The van der Waals surface area contributed by atoms with Crippen LogP contribution in [0.4, 0.5) is 11.4 Å². The van der Waals surface area contributed by atoms with Gasteiger partial charge in [0.2, 0.25) is 5.91 Å². The Balaban J connectivity index is 1.40. The molecule has 0 spiro atoms. The van der Waals surface area contributed by atoms with E-state index in [9.17, 15) is 4.79 Å². The number of hydrogen-bond acceptors (Lipinski definition) is 6. The largest absolute Gasteiger partial charge is 0.324 e. The molecule has 1 aliphatic rings. The van der Waals surface area contributed by atoms with Crippen molar-refractivity contribution in [3.05, 3.63) is 77.1 Å². The van der Waals surface area contributed by atoms with Gasteiger partial charge in [-0.2, -0.15) is 16.4 Å². The van der Waals surface area contributed by atoms with E-state index in [0.717, 1.165) is 57.5 Å². The zero-order valence-electron chi connectivity index (χ0n) is 22.4. The predicted molar refractivity (Wildman–Crippen MR) is 159 cm³/mol. The molecule has 4 aromatic heterocycles. The van der Waals surface area contributed by atoms with Crippen molar-refractivity contribution in [2.24, 2.45) is 16.3 Å². The lowest BCUT2D eigenvalue weighted by molar-refractivity contribution is -0.123. The fourth-order valence-corrected chi connectivity index (χ4v) is 5.63. The highest BCUT2D eigenvalue weighted by molar-refractivity contribution is 7.08. The molecular weight excluding hydrogens is 504 g/mol. The number of amides is 1. The molecule has 1 unspecified atom stereocenters. The van der Waals surface area contributed by atoms with E-state index < -0.39 is 5.41 Å². The molecule has 1 amide bonds. The molecule has 7 nitrogen and oxygen atoms in total. The molecule has 1 aliphatic heterocycles. The quantitative estimate of drug-likeness (QED) is 0.245. The number of thiophene rings is 1. The van der Waals surface area contributed by atoms with Gasteiger partial charge in [-0.05, 0) is 64.6 Å². The van der Waals surface area contributed by atoms with Crippen LogP contribution in [0.5, 0.6) is 0 Å². The first kappa shape index (κ1) is 25.1. The summed E-state index contributed by atoms with van der Waals surface area (Å²) in [5, 5.41) is 16.2. The SMILES string of the molecule is CCC1Cc2c(cncc2-c2ccsc2)N=C1c1n[nH]c2ccc(-c3cncc(NC(=O)C(C)(C)C)c3)cc12. The first-order valence-electron chi connectivity index (χ1n) is 13.1. The van der Waals surface area contributed by atoms with Gasteiger partial charge in [-0.25, -0.2) is 4.99 Å². The molecule has 196 valence electrons. The first-order chi connectivity index (χ1) is 18.8. The Morgan fingerprint density at radius 3 is 2.67 bits per heavy atom. The van der Waals surface area contributed by atoms with Crippen LogP contribution in [-0.4, -0.2) is 31.8 Å². The normalized spacial score (nSPS) is 15.2. The van der Waals surface area contributed by atoms with Crippen molar-refractivity contribution < 1.29 is 4.79 Å². The first-order valence-corrected chi connectivity index (χ1v) is 14.1. The van der Waals surface area contributed by atoms with Gasteiger partial charge in [0.25, 0.3) is 0 Å². The van der Waals surface area contributed by atoms with Gasteiger partial charge in [-0.1, -0.05) is 33.8 Å². The van der Waals surface area contributed by atoms with E-state index in [2.05, 4.69) is 50.2 Å². The summed E-state index contributed by atoms with van der Waals surface area (Å²) in [5.74, 6) is 0.192. The molecule has 5 aromatic rings. The van der Waals surface area contributed by atoms with E-state index in [0.29, 0.717) is 5.69 Å². The second kappa shape index (κ2) is 9.85. The molecule has 0 saturated carbocycles. The van der Waals surface area contributed by atoms with Gasteiger partial charge in [-0.15, -0.1) is 0 Å². The number of fused-ring (bicyclic) bond motifs is 2.